The number of para-hydroxylation sites is 1. The summed E-state index contributed by atoms with van der Waals surface area (Å²) in [6.07, 6.45) is 1.87. The van der Waals surface area contributed by atoms with Crippen LogP contribution in [0.3, 0.4) is 0 Å². The molecular weight excluding hydrogens is 294 g/mol. The Hall–Kier alpha value is -2.09. The van der Waals surface area contributed by atoms with Crippen LogP contribution in [-0.2, 0) is 10.2 Å². The van der Waals surface area contributed by atoms with Gasteiger partial charge in [-0.3, -0.25) is 4.79 Å². The number of amides is 1. The van der Waals surface area contributed by atoms with Crippen LogP contribution in [0.4, 0.5) is 5.69 Å². The second-order valence-electron chi connectivity index (χ2n) is 7.52. The number of carbonyl (C=O) groups is 1. The van der Waals surface area contributed by atoms with Crippen molar-refractivity contribution < 1.29 is 4.79 Å². The summed E-state index contributed by atoms with van der Waals surface area (Å²) in [4.78, 5) is 13.1. The van der Waals surface area contributed by atoms with E-state index < -0.39 is 0 Å². The fourth-order valence-electron chi connectivity index (χ4n) is 3.46. The lowest BCUT2D eigenvalue weighted by molar-refractivity contribution is -0.118. The quantitative estimate of drug-likeness (QED) is 0.762. The molecule has 0 aliphatic heterocycles. The maximum atomic E-state index is 13.1. The molecule has 0 radical (unpaired) electrons. The molecule has 0 unspecified atom stereocenters. The molecule has 3 rings (SSSR count). The molecule has 2 aromatic rings. The number of benzene rings is 2. The first-order valence-corrected chi connectivity index (χ1v) is 8.95. The van der Waals surface area contributed by atoms with Crippen molar-refractivity contribution in [3.8, 4) is 0 Å². The minimum atomic E-state index is -0.334. The Morgan fingerprint density at radius 2 is 1.42 bits per heavy atom. The lowest BCUT2D eigenvalue weighted by Crippen LogP contribution is -2.29. The lowest BCUT2D eigenvalue weighted by atomic mass is 9.91. The zero-order valence-electron chi connectivity index (χ0n) is 15.1. The Balaban J connectivity index is 1.95. The normalized spacial score (nSPS) is 15.6. The van der Waals surface area contributed by atoms with E-state index in [2.05, 4.69) is 63.3 Å². The molecule has 24 heavy (non-hydrogen) atoms. The summed E-state index contributed by atoms with van der Waals surface area (Å²) in [7, 11) is 0. The average Bonchev–Trinajstić information content (AvgIpc) is 3.37. The van der Waals surface area contributed by atoms with Crippen LogP contribution in [0.25, 0.3) is 0 Å². The smallest absolute Gasteiger partial charge is 0.235 e. The molecule has 2 nitrogen and oxygen atoms in total. The van der Waals surface area contributed by atoms with E-state index in [-0.39, 0.29) is 11.3 Å². The van der Waals surface area contributed by atoms with Gasteiger partial charge in [0.1, 0.15) is 0 Å². The number of carbonyl (C=O) groups excluding carboxylic acids is 1. The molecule has 1 saturated carbocycles. The van der Waals surface area contributed by atoms with E-state index in [1.54, 1.807) is 0 Å². The van der Waals surface area contributed by atoms with Crippen LogP contribution in [0.5, 0.6) is 0 Å². The van der Waals surface area contributed by atoms with Crippen LogP contribution in [0, 0.1) is 0 Å². The molecule has 0 atom stereocenters. The van der Waals surface area contributed by atoms with E-state index in [4.69, 9.17) is 0 Å². The Morgan fingerprint density at radius 1 is 0.875 bits per heavy atom. The van der Waals surface area contributed by atoms with E-state index in [1.807, 2.05) is 18.2 Å². The van der Waals surface area contributed by atoms with Crippen LogP contribution in [0.2, 0.25) is 0 Å². The van der Waals surface area contributed by atoms with Gasteiger partial charge in [0.15, 0.2) is 0 Å². The summed E-state index contributed by atoms with van der Waals surface area (Å²) < 4.78 is 0. The van der Waals surface area contributed by atoms with Crippen LogP contribution in [-0.4, -0.2) is 5.91 Å². The number of rotatable bonds is 5. The summed E-state index contributed by atoms with van der Waals surface area (Å²) in [5.74, 6) is 0.903. The zero-order valence-corrected chi connectivity index (χ0v) is 15.1. The Labute approximate surface area is 145 Å². The molecule has 0 heterocycles. The molecule has 2 aromatic carbocycles. The maximum absolute atomic E-state index is 13.1. The van der Waals surface area contributed by atoms with Gasteiger partial charge in [0, 0.05) is 5.69 Å². The molecule has 1 aliphatic carbocycles. The fourth-order valence-corrected chi connectivity index (χ4v) is 3.46. The van der Waals surface area contributed by atoms with Gasteiger partial charge < -0.3 is 5.32 Å². The minimum Gasteiger partial charge on any atom is -0.325 e. The largest absolute Gasteiger partial charge is 0.325 e. The van der Waals surface area contributed by atoms with Crippen molar-refractivity contribution >= 4 is 11.6 Å². The molecular formula is C22H27NO. The zero-order chi connectivity index (χ0) is 17.3. The van der Waals surface area contributed by atoms with Gasteiger partial charge in [0.2, 0.25) is 5.91 Å². The van der Waals surface area contributed by atoms with Crippen LogP contribution >= 0.6 is 0 Å². The third-order valence-electron chi connectivity index (χ3n) is 5.12. The van der Waals surface area contributed by atoms with Crippen molar-refractivity contribution in [3.05, 3.63) is 65.2 Å². The summed E-state index contributed by atoms with van der Waals surface area (Å²) in [5, 5.41) is 3.30. The summed E-state index contributed by atoms with van der Waals surface area (Å²) in [6, 6.07) is 16.6. The van der Waals surface area contributed by atoms with E-state index in [0.717, 1.165) is 24.1 Å². The van der Waals surface area contributed by atoms with Crippen LogP contribution in [0.15, 0.2) is 48.5 Å². The first-order valence-electron chi connectivity index (χ1n) is 8.95. The van der Waals surface area contributed by atoms with Gasteiger partial charge >= 0.3 is 0 Å². The van der Waals surface area contributed by atoms with Crippen molar-refractivity contribution in [2.45, 2.75) is 57.8 Å². The number of hydrogen-bond acceptors (Lipinski definition) is 1. The topological polar surface area (TPSA) is 29.1 Å². The first kappa shape index (κ1) is 16.8. The van der Waals surface area contributed by atoms with Crippen molar-refractivity contribution in [2.75, 3.05) is 5.32 Å². The summed E-state index contributed by atoms with van der Waals surface area (Å²) in [6.45, 7) is 8.72. The minimum absolute atomic E-state index is 0.142. The highest BCUT2D eigenvalue weighted by atomic mass is 16.2. The van der Waals surface area contributed by atoms with Gasteiger partial charge in [-0.25, -0.2) is 0 Å². The molecule has 1 aliphatic rings. The fraction of sp³-hybridized carbons (Fsp3) is 0.409. The van der Waals surface area contributed by atoms with Crippen molar-refractivity contribution in [1.82, 2.24) is 0 Å². The highest BCUT2D eigenvalue weighted by Gasteiger charge is 2.51. The Kier molecular flexibility index (Phi) is 4.49. The van der Waals surface area contributed by atoms with E-state index in [9.17, 15) is 4.79 Å². The van der Waals surface area contributed by atoms with E-state index >= 15 is 0 Å². The molecule has 0 spiro atoms. The molecule has 126 valence electrons. The van der Waals surface area contributed by atoms with Gasteiger partial charge in [0.25, 0.3) is 0 Å². The number of hydrogen-bond donors (Lipinski definition) is 1. The number of nitrogens with one attached hydrogen (secondary N) is 1. The maximum Gasteiger partial charge on any atom is 0.235 e. The molecule has 0 aromatic heterocycles. The highest BCUT2D eigenvalue weighted by Crippen LogP contribution is 2.49. The standard InChI is InChI=1S/C22H27NO/c1-15(2)18-11-8-12-19(16(3)4)20(18)23-21(24)22(13-14-22)17-9-6-5-7-10-17/h5-12,15-16H,13-14H2,1-4H3,(H,23,24). The molecule has 2 heteroatoms. The van der Waals surface area contributed by atoms with Gasteiger partial charge in [0.05, 0.1) is 5.41 Å². The highest BCUT2D eigenvalue weighted by molar-refractivity contribution is 6.02. The third kappa shape index (κ3) is 2.98. The van der Waals surface area contributed by atoms with Gasteiger partial charge in [-0.2, -0.15) is 0 Å². The monoisotopic (exact) mass is 321 g/mol. The molecule has 0 bridgehead atoms. The van der Waals surface area contributed by atoms with Gasteiger partial charge in [-0.1, -0.05) is 76.2 Å². The third-order valence-corrected chi connectivity index (χ3v) is 5.12. The van der Waals surface area contributed by atoms with Gasteiger partial charge in [-0.15, -0.1) is 0 Å². The van der Waals surface area contributed by atoms with Crippen molar-refractivity contribution in [2.24, 2.45) is 0 Å². The molecule has 1 N–H and O–H groups in total. The van der Waals surface area contributed by atoms with E-state index in [0.29, 0.717) is 11.8 Å². The van der Waals surface area contributed by atoms with Crippen LogP contribution in [0.1, 0.15) is 69.1 Å². The molecule has 1 fully saturated rings. The number of anilines is 1. The summed E-state index contributed by atoms with van der Waals surface area (Å²) in [5.41, 5.74) is 4.27. The van der Waals surface area contributed by atoms with E-state index in [1.165, 1.54) is 11.1 Å². The Morgan fingerprint density at radius 3 is 1.88 bits per heavy atom. The first-order chi connectivity index (χ1) is 11.5. The Bertz CT molecular complexity index is 701. The van der Waals surface area contributed by atoms with Gasteiger partial charge in [-0.05, 0) is 41.4 Å². The lowest BCUT2D eigenvalue weighted by Gasteiger charge is -2.23. The molecule has 1 amide bonds. The predicted molar refractivity (Wildman–Crippen MR) is 101 cm³/mol. The predicted octanol–water partition coefficient (Wildman–Crippen LogP) is 5.60. The second kappa shape index (κ2) is 6.43. The SMILES string of the molecule is CC(C)c1cccc(C(C)C)c1NC(=O)C1(c2ccccc2)CC1. The van der Waals surface area contributed by atoms with Crippen molar-refractivity contribution in [1.29, 1.82) is 0 Å². The second-order valence-corrected chi connectivity index (χ2v) is 7.52. The summed E-state index contributed by atoms with van der Waals surface area (Å²) >= 11 is 0. The molecule has 0 saturated heterocycles. The van der Waals surface area contributed by atoms with Crippen LogP contribution < -0.4 is 5.32 Å². The van der Waals surface area contributed by atoms with Crippen molar-refractivity contribution in [3.63, 3.8) is 0 Å². The average molecular weight is 321 g/mol.